The number of para-hydroxylation sites is 1. The highest BCUT2D eigenvalue weighted by Gasteiger charge is 2.11. The lowest BCUT2D eigenvalue weighted by Gasteiger charge is -2.12. The summed E-state index contributed by atoms with van der Waals surface area (Å²) in [4.78, 5) is 4.18. The van der Waals surface area contributed by atoms with Crippen LogP contribution in [0.25, 0.3) is 10.9 Å². The predicted molar refractivity (Wildman–Crippen MR) is 83.8 cm³/mol. The first-order valence-electron chi connectivity index (χ1n) is 6.96. The minimum absolute atomic E-state index is 0.677. The Morgan fingerprint density at radius 1 is 0.850 bits per heavy atom. The highest BCUT2D eigenvalue weighted by atomic mass is 28.3. The third-order valence-corrected chi connectivity index (χ3v) is 4.24. The molecule has 0 aliphatic rings. The van der Waals surface area contributed by atoms with Gasteiger partial charge in [0.2, 0.25) is 0 Å². The molecule has 0 unspecified atom stereocenters. The molecule has 2 aromatic rings. The lowest BCUT2D eigenvalue weighted by molar-refractivity contribution is 0.107. The molecule has 0 fully saturated rings. The second-order valence-electron chi connectivity index (χ2n) is 3.85. The van der Waals surface area contributed by atoms with Gasteiger partial charge in [0.25, 0.3) is 0 Å². The van der Waals surface area contributed by atoms with E-state index < -0.39 is 9.53 Å². The molecule has 0 saturated carbocycles. The number of aromatic nitrogens is 1. The van der Waals surface area contributed by atoms with Crippen molar-refractivity contribution in [1.29, 1.82) is 0 Å². The highest BCUT2D eigenvalue weighted by molar-refractivity contribution is 6.36. The van der Waals surface area contributed by atoms with E-state index >= 15 is 0 Å². The maximum Gasteiger partial charge on any atom is 0.484 e. The Bertz CT molecular complexity index is 402. The van der Waals surface area contributed by atoms with Crippen LogP contribution in [0.15, 0.2) is 42.6 Å². The van der Waals surface area contributed by atoms with Crippen molar-refractivity contribution >= 4 is 20.4 Å². The van der Waals surface area contributed by atoms with Gasteiger partial charge >= 0.3 is 9.53 Å². The minimum atomic E-state index is -1.73. The Hall–Kier alpha value is -1.27. The standard InChI is InChI=1S/C9H7N.C6H16O3Si/c1-2-6-9-8(4-1)5-3-7-10-9;1-4-7-10(8-5-2)9-6-3/h1-7H;10H,4-6H2,1-3H3. The Labute approximate surface area is 122 Å². The molecule has 0 saturated heterocycles. The van der Waals surface area contributed by atoms with Crippen molar-refractivity contribution in [2.24, 2.45) is 0 Å². The summed E-state index contributed by atoms with van der Waals surface area (Å²) in [6, 6.07) is 12.1. The number of pyridine rings is 1. The third-order valence-electron chi connectivity index (χ3n) is 2.42. The normalized spacial score (nSPS) is 10.4. The third kappa shape index (κ3) is 6.25. The molecule has 1 aromatic heterocycles. The maximum atomic E-state index is 5.22. The predicted octanol–water partition coefficient (Wildman–Crippen LogP) is 3.05. The van der Waals surface area contributed by atoms with Gasteiger partial charge in [-0.3, -0.25) is 4.98 Å². The number of rotatable bonds is 6. The summed E-state index contributed by atoms with van der Waals surface area (Å²) in [5.74, 6) is 0. The van der Waals surface area contributed by atoms with Crippen molar-refractivity contribution in [3.63, 3.8) is 0 Å². The summed E-state index contributed by atoms with van der Waals surface area (Å²) in [5, 5.41) is 1.20. The molecule has 4 nitrogen and oxygen atoms in total. The molecule has 0 atom stereocenters. The molecule has 0 aliphatic heterocycles. The van der Waals surface area contributed by atoms with Crippen molar-refractivity contribution in [2.45, 2.75) is 20.8 Å². The largest absolute Gasteiger partial charge is 0.484 e. The van der Waals surface area contributed by atoms with Crippen molar-refractivity contribution in [3.8, 4) is 0 Å². The second kappa shape index (κ2) is 10.5. The van der Waals surface area contributed by atoms with E-state index in [0.29, 0.717) is 19.8 Å². The van der Waals surface area contributed by atoms with Crippen LogP contribution in [0.3, 0.4) is 0 Å². The average Bonchev–Trinajstić information content (AvgIpc) is 2.49. The van der Waals surface area contributed by atoms with Gasteiger partial charge in [0.15, 0.2) is 0 Å². The van der Waals surface area contributed by atoms with Crippen LogP contribution in [0.4, 0.5) is 0 Å². The molecular weight excluding hydrogens is 270 g/mol. The fourth-order valence-electron chi connectivity index (χ4n) is 1.57. The van der Waals surface area contributed by atoms with Gasteiger partial charge in [-0.25, -0.2) is 0 Å². The summed E-state index contributed by atoms with van der Waals surface area (Å²) < 4.78 is 15.7. The number of benzene rings is 1. The average molecular weight is 293 g/mol. The first-order valence-corrected chi connectivity index (χ1v) is 8.37. The molecule has 5 heteroatoms. The SMILES string of the molecule is CCO[SiH](OCC)OCC.c1ccc2ncccc2c1. The summed E-state index contributed by atoms with van der Waals surface area (Å²) in [7, 11) is -1.73. The van der Waals surface area contributed by atoms with Crippen molar-refractivity contribution in [2.75, 3.05) is 19.8 Å². The van der Waals surface area contributed by atoms with E-state index in [1.807, 2.05) is 51.2 Å². The van der Waals surface area contributed by atoms with Crippen molar-refractivity contribution < 1.29 is 13.3 Å². The zero-order chi connectivity index (χ0) is 14.6. The molecular formula is C15H23NO3Si. The molecule has 2 rings (SSSR count). The van der Waals surface area contributed by atoms with Gasteiger partial charge in [0.05, 0.1) is 5.52 Å². The molecule has 110 valence electrons. The summed E-state index contributed by atoms with van der Waals surface area (Å²) in [6.07, 6.45) is 1.81. The number of hydrogen-bond acceptors (Lipinski definition) is 4. The molecule has 0 radical (unpaired) electrons. The van der Waals surface area contributed by atoms with Crippen molar-refractivity contribution in [1.82, 2.24) is 4.98 Å². The molecule has 0 bridgehead atoms. The molecule has 0 spiro atoms. The topological polar surface area (TPSA) is 40.6 Å². The summed E-state index contributed by atoms with van der Waals surface area (Å²) >= 11 is 0. The molecule has 0 amide bonds. The van der Waals surface area contributed by atoms with Gasteiger partial charge in [0, 0.05) is 31.4 Å². The zero-order valence-electron chi connectivity index (χ0n) is 12.4. The van der Waals surface area contributed by atoms with Gasteiger partial charge in [0.1, 0.15) is 0 Å². The van der Waals surface area contributed by atoms with E-state index in [-0.39, 0.29) is 0 Å². The van der Waals surface area contributed by atoms with E-state index in [1.54, 1.807) is 0 Å². The molecule has 20 heavy (non-hydrogen) atoms. The van der Waals surface area contributed by atoms with Crippen molar-refractivity contribution in [3.05, 3.63) is 42.6 Å². The molecule has 1 aromatic carbocycles. The van der Waals surface area contributed by atoms with Crippen LogP contribution in [0.1, 0.15) is 20.8 Å². The van der Waals surface area contributed by atoms with Crippen LogP contribution >= 0.6 is 0 Å². The fraction of sp³-hybridized carbons (Fsp3) is 0.400. The zero-order valence-corrected chi connectivity index (χ0v) is 13.6. The Morgan fingerprint density at radius 2 is 1.40 bits per heavy atom. The smallest absolute Gasteiger partial charge is 0.376 e. The van der Waals surface area contributed by atoms with E-state index in [0.717, 1.165) is 5.52 Å². The molecule has 0 aliphatic carbocycles. The van der Waals surface area contributed by atoms with Crippen LogP contribution in [0.5, 0.6) is 0 Å². The highest BCUT2D eigenvalue weighted by Crippen LogP contribution is 2.07. The molecule has 0 N–H and O–H groups in total. The monoisotopic (exact) mass is 293 g/mol. The van der Waals surface area contributed by atoms with Gasteiger partial charge in [-0.1, -0.05) is 24.3 Å². The maximum absolute atomic E-state index is 5.22. The second-order valence-corrected chi connectivity index (χ2v) is 5.43. The van der Waals surface area contributed by atoms with Crippen LogP contribution < -0.4 is 0 Å². The van der Waals surface area contributed by atoms with Crippen LogP contribution in [-0.2, 0) is 13.3 Å². The summed E-state index contributed by atoms with van der Waals surface area (Å²) in [6.45, 7) is 7.86. The lowest BCUT2D eigenvalue weighted by Crippen LogP contribution is -2.27. The van der Waals surface area contributed by atoms with Gasteiger partial charge in [-0.15, -0.1) is 0 Å². The van der Waals surface area contributed by atoms with E-state index in [2.05, 4.69) is 17.1 Å². The van der Waals surface area contributed by atoms with Gasteiger partial charge in [-0.2, -0.15) is 0 Å². The quantitative estimate of drug-likeness (QED) is 0.768. The Morgan fingerprint density at radius 3 is 1.95 bits per heavy atom. The van der Waals surface area contributed by atoms with E-state index in [4.69, 9.17) is 13.3 Å². The van der Waals surface area contributed by atoms with Crippen LogP contribution in [0.2, 0.25) is 0 Å². The Balaban J connectivity index is 0.000000200. The Kier molecular flexibility index (Phi) is 8.82. The first kappa shape index (κ1) is 16.8. The molecule has 1 heterocycles. The minimum Gasteiger partial charge on any atom is -0.376 e. The van der Waals surface area contributed by atoms with Gasteiger partial charge in [-0.05, 0) is 32.9 Å². The number of nitrogens with zero attached hydrogens (tertiary/aromatic N) is 1. The van der Waals surface area contributed by atoms with Gasteiger partial charge < -0.3 is 13.3 Å². The number of hydrogen-bond donors (Lipinski definition) is 0. The van der Waals surface area contributed by atoms with E-state index in [1.165, 1.54) is 5.39 Å². The fourth-order valence-corrected chi connectivity index (χ4v) is 2.67. The van der Waals surface area contributed by atoms with Crippen LogP contribution in [-0.4, -0.2) is 34.3 Å². The lowest BCUT2D eigenvalue weighted by atomic mass is 10.2. The van der Waals surface area contributed by atoms with Crippen LogP contribution in [0, 0.1) is 0 Å². The first-order chi connectivity index (χ1) is 9.81. The summed E-state index contributed by atoms with van der Waals surface area (Å²) in [5.41, 5.74) is 1.06. The number of fused-ring (bicyclic) bond motifs is 1. The van der Waals surface area contributed by atoms with E-state index in [9.17, 15) is 0 Å².